The number of nitrogens with zero attached hydrogens (tertiary/aromatic N) is 1. The van der Waals surface area contributed by atoms with Crippen molar-refractivity contribution >= 4 is 66.3 Å². The molecule has 0 fully saturated rings. The van der Waals surface area contributed by atoms with Crippen molar-refractivity contribution in [1.29, 1.82) is 0 Å². The second kappa shape index (κ2) is 9.20. The van der Waals surface area contributed by atoms with E-state index in [4.69, 9.17) is 0 Å². The molecule has 0 aromatic heterocycles. The zero-order valence-corrected chi connectivity index (χ0v) is 22.6. The molecule has 0 unspecified atom stereocenters. The summed E-state index contributed by atoms with van der Waals surface area (Å²) >= 11 is 3.88. The SMILES string of the molecule is C[Si-]1(C)c2ccccc2N(c2ccc([B]c3ccccc3)c(-c3ccccc3[SH2+])c2)c2ccccc21. The minimum absolute atomic E-state index is 1.09. The number of rotatable bonds is 4. The quantitative estimate of drug-likeness (QED) is 0.250. The van der Waals surface area contributed by atoms with Gasteiger partial charge in [0.15, 0.2) is 12.2 Å². The normalized spacial score (nSPS) is 13.6. The number of fused-ring (bicyclic) bond motifs is 2. The Labute approximate surface area is 221 Å². The monoisotopic (exact) mass is 497 g/mol. The third-order valence-corrected chi connectivity index (χ3v) is 11.2. The number of para-hydroxylation sites is 2. The molecular weight excluding hydrogens is 469 g/mol. The van der Waals surface area contributed by atoms with Crippen LogP contribution in [0.15, 0.2) is 126 Å². The van der Waals surface area contributed by atoms with Gasteiger partial charge in [-0.1, -0.05) is 104 Å². The molecule has 0 amide bonds. The van der Waals surface area contributed by atoms with E-state index in [0.717, 1.165) is 4.90 Å². The van der Waals surface area contributed by atoms with E-state index >= 15 is 0 Å². The maximum atomic E-state index is 3.88. The lowest BCUT2D eigenvalue weighted by Crippen LogP contribution is -2.58. The van der Waals surface area contributed by atoms with Crippen molar-refractivity contribution in [3.8, 4) is 11.1 Å². The summed E-state index contributed by atoms with van der Waals surface area (Å²) in [6.07, 6.45) is 0. The van der Waals surface area contributed by atoms with E-state index in [1.807, 2.05) is 0 Å². The third kappa shape index (κ3) is 3.91. The predicted molar refractivity (Wildman–Crippen MR) is 163 cm³/mol. The van der Waals surface area contributed by atoms with Crippen molar-refractivity contribution < 1.29 is 0 Å². The van der Waals surface area contributed by atoms with E-state index in [1.165, 1.54) is 49.5 Å². The Kier molecular flexibility index (Phi) is 5.87. The molecule has 0 spiro atoms. The van der Waals surface area contributed by atoms with Crippen LogP contribution in [0.3, 0.4) is 0 Å². The van der Waals surface area contributed by atoms with Crippen LogP contribution in [0.5, 0.6) is 0 Å². The lowest BCUT2D eigenvalue weighted by atomic mass is 9.62. The third-order valence-electron chi connectivity index (χ3n) is 7.27. The standard InChI is InChI=1S/C32H27BNSSi/c1-36(2)31-18-10-7-15-28(31)34(29-16-8-11-19-32(29)36)24-20-21-27(33-23-12-4-3-5-13-23)26(22-24)25-14-6-9-17-30(25)35/h3-22,35H,1-2H3/q-1/p+1. The van der Waals surface area contributed by atoms with Crippen LogP contribution >= 0.6 is 0 Å². The fourth-order valence-electron chi connectivity index (χ4n) is 5.44. The molecule has 0 bridgehead atoms. The summed E-state index contributed by atoms with van der Waals surface area (Å²) in [5, 5.41) is 2.95. The average Bonchev–Trinajstić information content (AvgIpc) is 2.91. The molecule has 0 saturated heterocycles. The van der Waals surface area contributed by atoms with Crippen LogP contribution in [0.4, 0.5) is 17.1 Å². The van der Waals surface area contributed by atoms with Crippen LogP contribution in [0, 0.1) is 0 Å². The zero-order chi connectivity index (χ0) is 24.7. The van der Waals surface area contributed by atoms with Gasteiger partial charge in [0.2, 0.25) is 0 Å². The fraction of sp³-hybridized carbons (Fsp3) is 0.0625. The van der Waals surface area contributed by atoms with Gasteiger partial charge in [0.05, 0.1) is 0 Å². The van der Waals surface area contributed by atoms with E-state index < -0.39 is 8.07 Å². The first-order valence-electron chi connectivity index (χ1n) is 12.4. The molecule has 5 aromatic carbocycles. The minimum Gasteiger partial charge on any atom is -0.316 e. The molecule has 0 atom stereocenters. The summed E-state index contributed by atoms with van der Waals surface area (Å²) in [7, 11) is 0.459. The molecule has 174 valence electrons. The first-order valence-corrected chi connectivity index (χ1v) is 15.9. The van der Waals surface area contributed by atoms with Crippen LogP contribution in [-0.4, -0.2) is 15.4 Å². The van der Waals surface area contributed by atoms with Crippen molar-refractivity contribution in [3.63, 3.8) is 0 Å². The topological polar surface area (TPSA) is 3.24 Å². The van der Waals surface area contributed by atoms with Crippen LogP contribution in [-0.2, 0) is 12.6 Å². The maximum Gasteiger partial charge on any atom is 0.192 e. The maximum absolute atomic E-state index is 3.88. The van der Waals surface area contributed by atoms with E-state index in [1.54, 1.807) is 0 Å². The Morgan fingerprint density at radius 2 is 1.19 bits per heavy atom. The van der Waals surface area contributed by atoms with E-state index in [2.05, 4.69) is 159 Å². The van der Waals surface area contributed by atoms with Gasteiger partial charge in [-0.25, -0.2) is 0 Å². The summed E-state index contributed by atoms with van der Waals surface area (Å²) < 4.78 is 0. The smallest absolute Gasteiger partial charge is 0.192 e. The molecule has 6 rings (SSSR count). The summed E-state index contributed by atoms with van der Waals surface area (Å²) in [6.45, 7) is 4.93. The summed E-state index contributed by atoms with van der Waals surface area (Å²) in [5.41, 5.74) is 8.55. The number of hydrogen-bond donors (Lipinski definition) is 0. The van der Waals surface area contributed by atoms with Gasteiger partial charge in [-0.2, -0.15) is 23.5 Å². The van der Waals surface area contributed by atoms with Gasteiger partial charge in [0.1, 0.15) is 0 Å². The van der Waals surface area contributed by atoms with Crippen molar-refractivity contribution in [1.82, 2.24) is 0 Å². The second-order valence-electron chi connectivity index (χ2n) is 9.87. The Hall–Kier alpha value is -3.47. The van der Waals surface area contributed by atoms with Gasteiger partial charge in [-0.15, -0.1) is 0 Å². The van der Waals surface area contributed by atoms with Crippen molar-refractivity contribution in [2.24, 2.45) is 0 Å². The minimum atomic E-state index is -1.81. The molecule has 4 heteroatoms. The molecule has 5 aromatic rings. The molecule has 1 aliphatic rings. The summed E-state index contributed by atoms with van der Waals surface area (Å²) in [4.78, 5) is 3.54. The highest BCUT2D eigenvalue weighted by atomic mass is 32.1. The lowest BCUT2D eigenvalue weighted by molar-refractivity contribution is 1.29. The summed E-state index contributed by atoms with van der Waals surface area (Å²) in [5.74, 6) is 0. The van der Waals surface area contributed by atoms with Crippen LogP contribution in [0.1, 0.15) is 0 Å². The van der Waals surface area contributed by atoms with Gasteiger partial charge >= 0.3 is 0 Å². The Balaban J connectivity index is 1.57. The van der Waals surface area contributed by atoms with Crippen LogP contribution in [0.25, 0.3) is 11.1 Å². The predicted octanol–water partition coefficient (Wildman–Crippen LogP) is 4.98. The number of benzene rings is 5. The number of hydrogen-bond acceptors (Lipinski definition) is 1. The molecule has 0 saturated carbocycles. The molecule has 36 heavy (non-hydrogen) atoms. The van der Waals surface area contributed by atoms with Crippen molar-refractivity contribution in [3.05, 3.63) is 121 Å². The Morgan fingerprint density at radius 3 is 1.86 bits per heavy atom. The fourth-order valence-corrected chi connectivity index (χ4v) is 8.74. The van der Waals surface area contributed by atoms with Gasteiger partial charge in [0.25, 0.3) is 0 Å². The molecule has 1 nitrogen and oxygen atoms in total. The van der Waals surface area contributed by atoms with Gasteiger partial charge in [-0.05, 0) is 54.6 Å². The number of anilines is 3. The highest BCUT2D eigenvalue weighted by Gasteiger charge is 2.29. The first-order chi connectivity index (χ1) is 17.5. The van der Waals surface area contributed by atoms with E-state index in [0.29, 0.717) is 0 Å². The molecule has 1 heterocycles. The largest absolute Gasteiger partial charge is 0.316 e. The highest BCUT2D eigenvalue weighted by molar-refractivity contribution is 7.59. The average molecular weight is 498 g/mol. The van der Waals surface area contributed by atoms with Crippen molar-refractivity contribution in [2.75, 3.05) is 4.90 Å². The highest BCUT2D eigenvalue weighted by Crippen LogP contribution is 2.39. The molecule has 1 radical (unpaired) electrons. The first kappa shape index (κ1) is 23.0. The summed E-state index contributed by atoms with van der Waals surface area (Å²) in [6, 6.07) is 43.8. The Morgan fingerprint density at radius 1 is 0.611 bits per heavy atom. The zero-order valence-electron chi connectivity index (χ0n) is 20.6. The molecule has 0 aliphatic carbocycles. The van der Waals surface area contributed by atoms with Crippen LogP contribution < -0.4 is 26.2 Å². The molecule has 0 N–H and O–H groups in total. The van der Waals surface area contributed by atoms with E-state index in [-0.39, 0.29) is 0 Å². The lowest BCUT2D eigenvalue weighted by Gasteiger charge is -2.49. The van der Waals surface area contributed by atoms with Gasteiger partial charge in [0, 0.05) is 22.6 Å². The van der Waals surface area contributed by atoms with E-state index in [9.17, 15) is 0 Å². The van der Waals surface area contributed by atoms with Gasteiger partial charge < -0.3 is 4.90 Å². The molecular formula is C32H28BNSSi. The van der Waals surface area contributed by atoms with Crippen molar-refractivity contribution in [2.45, 2.75) is 18.0 Å². The van der Waals surface area contributed by atoms with Crippen LogP contribution in [0.2, 0.25) is 13.1 Å². The molecule has 1 aliphatic heterocycles. The second-order valence-corrected chi connectivity index (χ2v) is 14.7. The van der Waals surface area contributed by atoms with Gasteiger partial charge in [-0.3, -0.25) is 0 Å². The Bertz CT molecular complexity index is 1510.